The zero-order chi connectivity index (χ0) is 22.5. The van der Waals surface area contributed by atoms with E-state index in [1.54, 1.807) is 58.7 Å². The molecule has 166 valence electrons. The van der Waals surface area contributed by atoms with E-state index in [1.807, 2.05) is 11.4 Å². The molecule has 32 heavy (non-hydrogen) atoms. The van der Waals surface area contributed by atoms with Crippen LogP contribution in [0.25, 0.3) is 0 Å². The first-order chi connectivity index (χ1) is 15.6. The third kappa shape index (κ3) is 4.89. The van der Waals surface area contributed by atoms with Crippen LogP contribution in [0.1, 0.15) is 27.0 Å². The lowest BCUT2D eigenvalue weighted by molar-refractivity contribution is -0.135. The minimum Gasteiger partial charge on any atom is -0.491 e. The highest BCUT2D eigenvalue weighted by atomic mass is 35.5. The summed E-state index contributed by atoms with van der Waals surface area (Å²) in [5.41, 5.74) is 1.09. The zero-order valence-corrected chi connectivity index (χ0v) is 19.0. The van der Waals surface area contributed by atoms with E-state index < -0.39 is 0 Å². The summed E-state index contributed by atoms with van der Waals surface area (Å²) in [6.07, 6.45) is 3.82. The van der Waals surface area contributed by atoms with Crippen molar-refractivity contribution in [3.05, 3.63) is 88.0 Å². The fraction of sp³-hybridized carbons (Fsp3) is 0.250. The standard InChI is InChI=1S/C24H23ClN2O4S/c1-2-11-26(24(29)21-4-3-13-30-21)15-23(28)27-12-9-22-19(10-14-32-22)20(27)16-31-18-7-5-17(25)6-8-18/h2-8,10,13-14,20H,1,9,11-12,15-16H2/t20-/m0/s1. The molecule has 1 atom stereocenters. The van der Waals surface area contributed by atoms with Crippen LogP contribution < -0.4 is 4.74 Å². The Labute approximate surface area is 195 Å². The molecule has 6 nitrogen and oxygen atoms in total. The number of hydrogen-bond acceptors (Lipinski definition) is 5. The van der Waals surface area contributed by atoms with Crippen LogP contribution in [0.3, 0.4) is 0 Å². The Hall–Kier alpha value is -3.03. The molecule has 3 aromatic rings. The van der Waals surface area contributed by atoms with Gasteiger partial charge < -0.3 is 19.0 Å². The Morgan fingerprint density at radius 2 is 2.09 bits per heavy atom. The number of amides is 2. The quantitative estimate of drug-likeness (QED) is 0.442. The molecule has 1 aliphatic heterocycles. The molecular formula is C24H23ClN2O4S. The van der Waals surface area contributed by atoms with Crippen LogP contribution in [-0.4, -0.2) is 47.9 Å². The van der Waals surface area contributed by atoms with Gasteiger partial charge in [0, 0.05) is 23.0 Å². The van der Waals surface area contributed by atoms with E-state index in [2.05, 4.69) is 6.58 Å². The number of rotatable bonds is 8. The Balaban J connectivity index is 1.51. The van der Waals surface area contributed by atoms with Gasteiger partial charge >= 0.3 is 0 Å². The Kier molecular flexibility index (Phi) is 6.97. The second-order valence-corrected chi connectivity index (χ2v) is 8.81. The van der Waals surface area contributed by atoms with Gasteiger partial charge in [0.25, 0.3) is 5.91 Å². The second-order valence-electron chi connectivity index (χ2n) is 7.37. The fourth-order valence-corrected chi connectivity index (χ4v) is 4.82. The van der Waals surface area contributed by atoms with Crippen molar-refractivity contribution in [2.45, 2.75) is 12.5 Å². The van der Waals surface area contributed by atoms with Gasteiger partial charge in [-0.05, 0) is 59.8 Å². The first kappa shape index (κ1) is 22.2. The summed E-state index contributed by atoms with van der Waals surface area (Å²) in [5.74, 6) is 0.394. The number of halogens is 1. The highest BCUT2D eigenvalue weighted by Gasteiger charge is 2.33. The zero-order valence-electron chi connectivity index (χ0n) is 17.4. The van der Waals surface area contributed by atoms with Gasteiger partial charge in [-0.15, -0.1) is 17.9 Å². The first-order valence-electron chi connectivity index (χ1n) is 10.2. The molecule has 2 amide bonds. The van der Waals surface area contributed by atoms with E-state index in [1.165, 1.54) is 16.0 Å². The maximum Gasteiger partial charge on any atom is 0.290 e. The number of hydrogen-bond donors (Lipinski definition) is 0. The SMILES string of the molecule is C=CCN(CC(=O)N1CCc2sccc2[C@@H]1COc1ccc(Cl)cc1)C(=O)c1ccco1. The lowest BCUT2D eigenvalue weighted by Crippen LogP contribution is -2.47. The molecule has 0 bridgehead atoms. The molecule has 4 rings (SSSR count). The number of benzene rings is 1. The lowest BCUT2D eigenvalue weighted by Gasteiger charge is -2.37. The smallest absolute Gasteiger partial charge is 0.290 e. The molecule has 0 saturated carbocycles. The van der Waals surface area contributed by atoms with E-state index in [9.17, 15) is 9.59 Å². The van der Waals surface area contributed by atoms with Gasteiger partial charge in [-0.2, -0.15) is 0 Å². The molecular weight excluding hydrogens is 448 g/mol. The molecule has 0 saturated heterocycles. The van der Waals surface area contributed by atoms with Gasteiger partial charge in [0.2, 0.25) is 5.91 Å². The van der Waals surface area contributed by atoms with Crippen LogP contribution in [0, 0.1) is 0 Å². The molecule has 0 unspecified atom stereocenters. The third-order valence-corrected chi connectivity index (χ3v) is 6.58. The van der Waals surface area contributed by atoms with Gasteiger partial charge in [-0.1, -0.05) is 17.7 Å². The molecule has 3 heterocycles. The van der Waals surface area contributed by atoms with E-state index in [0.717, 1.165) is 12.0 Å². The van der Waals surface area contributed by atoms with Crippen molar-refractivity contribution >= 4 is 34.8 Å². The highest BCUT2D eigenvalue weighted by Crippen LogP contribution is 2.34. The van der Waals surface area contributed by atoms with Crippen molar-refractivity contribution in [2.75, 3.05) is 26.2 Å². The number of ether oxygens (including phenoxy) is 1. The minimum absolute atomic E-state index is 0.0670. The van der Waals surface area contributed by atoms with Crippen LogP contribution >= 0.6 is 22.9 Å². The van der Waals surface area contributed by atoms with Crippen molar-refractivity contribution in [2.24, 2.45) is 0 Å². The summed E-state index contributed by atoms with van der Waals surface area (Å²) in [5, 5.41) is 2.67. The summed E-state index contributed by atoms with van der Waals surface area (Å²) >= 11 is 7.65. The maximum absolute atomic E-state index is 13.4. The lowest BCUT2D eigenvalue weighted by atomic mass is 10.0. The van der Waals surface area contributed by atoms with Crippen LogP contribution in [0.2, 0.25) is 5.02 Å². The Morgan fingerprint density at radius 1 is 1.28 bits per heavy atom. The number of carbonyl (C=O) groups is 2. The van der Waals surface area contributed by atoms with Gasteiger partial charge in [-0.3, -0.25) is 9.59 Å². The van der Waals surface area contributed by atoms with Crippen molar-refractivity contribution < 1.29 is 18.7 Å². The van der Waals surface area contributed by atoms with Crippen molar-refractivity contribution in [3.8, 4) is 5.75 Å². The minimum atomic E-state index is -0.342. The number of carbonyl (C=O) groups excluding carboxylic acids is 2. The van der Waals surface area contributed by atoms with Gasteiger partial charge in [0.1, 0.15) is 18.9 Å². The normalized spacial score (nSPS) is 15.2. The molecule has 2 aromatic heterocycles. The monoisotopic (exact) mass is 470 g/mol. The van der Waals surface area contributed by atoms with Crippen LogP contribution in [-0.2, 0) is 11.2 Å². The van der Waals surface area contributed by atoms with Crippen molar-refractivity contribution in [1.82, 2.24) is 9.80 Å². The predicted molar refractivity (Wildman–Crippen MR) is 124 cm³/mol. The maximum atomic E-state index is 13.4. The largest absolute Gasteiger partial charge is 0.491 e. The average molecular weight is 471 g/mol. The van der Waals surface area contributed by atoms with Gasteiger partial charge in [0.15, 0.2) is 5.76 Å². The third-order valence-electron chi connectivity index (χ3n) is 5.33. The predicted octanol–water partition coefficient (Wildman–Crippen LogP) is 4.83. The molecule has 0 radical (unpaired) electrons. The number of furan rings is 1. The van der Waals surface area contributed by atoms with E-state index >= 15 is 0 Å². The summed E-state index contributed by atoms with van der Waals surface area (Å²) in [7, 11) is 0. The summed E-state index contributed by atoms with van der Waals surface area (Å²) in [4.78, 5) is 30.6. The number of nitrogens with zero attached hydrogens (tertiary/aromatic N) is 2. The molecule has 1 aliphatic rings. The number of fused-ring (bicyclic) bond motifs is 1. The van der Waals surface area contributed by atoms with E-state index in [4.69, 9.17) is 20.8 Å². The van der Waals surface area contributed by atoms with Crippen LogP contribution in [0.5, 0.6) is 5.75 Å². The van der Waals surface area contributed by atoms with Crippen LogP contribution in [0.15, 0.2) is 71.2 Å². The molecule has 0 spiro atoms. The first-order valence-corrected chi connectivity index (χ1v) is 11.5. The molecule has 0 N–H and O–H groups in total. The fourth-order valence-electron chi connectivity index (χ4n) is 3.77. The summed E-state index contributed by atoms with van der Waals surface area (Å²) < 4.78 is 11.2. The molecule has 0 aliphatic carbocycles. The second kappa shape index (κ2) is 10.1. The topological polar surface area (TPSA) is 63.0 Å². The van der Waals surface area contributed by atoms with Crippen LogP contribution in [0.4, 0.5) is 0 Å². The van der Waals surface area contributed by atoms with E-state index in [0.29, 0.717) is 23.9 Å². The van der Waals surface area contributed by atoms with Gasteiger partial charge in [0.05, 0.1) is 12.3 Å². The van der Waals surface area contributed by atoms with Crippen molar-refractivity contribution in [1.29, 1.82) is 0 Å². The highest BCUT2D eigenvalue weighted by molar-refractivity contribution is 7.10. The molecule has 8 heteroatoms. The Bertz CT molecular complexity index is 1080. The summed E-state index contributed by atoms with van der Waals surface area (Å²) in [6.45, 7) is 4.77. The van der Waals surface area contributed by atoms with E-state index in [-0.39, 0.29) is 36.7 Å². The summed E-state index contributed by atoms with van der Waals surface area (Å²) in [6, 6.07) is 12.2. The molecule has 0 fully saturated rings. The van der Waals surface area contributed by atoms with Gasteiger partial charge in [-0.25, -0.2) is 0 Å². The van der Waals surface area contributed by atoms with Crippen molar-refractivity contribution in [3.63, 3.8) is 0 Å². The number of thiophene rings is 1. The Morgan fingerprint density at radius 3 is 2.81 bits per heavy atom. The molecule has 1 aromatic carbocycles. The average Bonchev–Trinajstić information content (AvgIpc) is 3.50.